The van der Waals surface area contributed by atoms with Gasteiger partial charge in [-0.05, 0) is 92.7 Å². The molecule has 0 spiro atoms. The zero-order chi connectivity index (χ0) is 26.5. The highest BCUT2D eigenvalue weighted by Gasteiger charge is 2.43. The highest BCUT2D eigenvalue weighted by atomic mass is 35.5. The zero-order valence-corrected chi connectivity index (χ0v) is 23.2. The fourth-order valence-electron chi connectivity index (χ4n) is 6.10. The van der Waals surface area contributed by atoms with Crippen LogP contribution in [0.25, 0.3) is 0 Å². The molecule has 2 aliphatic heterocycles. The molecule has 1 saturated carbocycles. The van der Waals surface area contributed by atoms with Crippen LogP contribution in [0.5, 0.6) is 5.75 Å². The lowest BCUT2D eigenvalue weighted by Crippen LogP contribution is -2.45. The average Bonchev–Trinajstić information content (AvgIpc) is 3.60. The highest BCUT2D eigenvalue weighted by Crippen LogP contribution is 2.47. The van der Waals surface area contributed by atoms with Gasteiger partial charge in [-0.1, -0.05) is 23.2 Å². The quantitative estimate of drug-likeness (QED) is 0.417. The molecule has 37 heavy (non-hydrogen) atoms. The van der Waals surface area contributed by atoms with Crippen molar-refractivity contribution in [3.8, 4) is 5.75 Å². The number of carbonyl (C=O) groups excluding carboxylic acids is 1. The molecule has 0 radical (unpaired) electrons. The summed E-state index contributed by atoms with van der Waals surface area (Å²) in [5.41, 5.74) is 1.61. The summed E-state index contributed by atoms with van der Waals surface area (Å²) in [4.78, 5) is 14.9. The summed E-state index contributed by atoms with van der Waals surface area (Å²) in [6, 6.07) is 9.48. The first-order valence-corrected chi connectivity index (χ1v) is 15.3. The Kier molecular flexibility index (Phi) is 7.48. The van der Waals surface area contributed by atoms with Gasteiger partial charge in [0.1, 0.15) is 11.6 Å². The molecule has 2 bridgehead atoms. The van der Waals surface area contributed by atoms with Crippen LogP contribution in [-0.2, 0) is 10.0 Å². The lowest BCUT2D eigenvalue weighted by molar-refractivity contribution is 0.0492. The predicted molar refractivity (Wildman–Crippen MR) is 142 cm³/mol. The second-order valence-electron chi connectivity index (χ2n) is 10.7. The Morgan fingerprint density at radius 3 is 2.27 bits per heavy atom. The molecule has 6 nitrogen and oxygen atoms in total. The smallest absolute Gasteiger partial charge is 0.267 e. The van der Waals surface area contributed by atoms with Crippen molar-refractivity contribution in [2.45, 2.75) is 69.5 Å². The second kappa shape index (κ2) is 10.4. The van der Waals surface area contributed by atoms with Crippen molar-refractivity contribution in [3.63, 3.8) is 0 Å². The number of carbonyl (C=O) groups is 1. The fraction of sp³-hybridized carbons (Fsp3) is 0.519. The summed E-state index contributed by atoms with van der Waals surface area (Å²) in [6.07, 6.45) is 6.98. The molecule has 200 valence electrons. The topological polar surface area (TPSA) is 75.7 Å². The summed E-state index contributed by atoms with van der Waals surface area (Å²) in [6.45, 7) is 2.68. The van der Waals surface area contributed by atoms with Crippen LogP contribution in [0.2, 0.25) is 10.0 Å². The molecule has 2 aromatic carbocycles. The van der Waals surface area contributed by atoms with Crippen molar-refractivity contribution in [2.75, 3.05) is 12.9 Å². The van der Waals surface area contributed by atoms with E-state index in [1.54, 1.807) is 6.07 Å². The standard InChI is InChI=1S/C27H31Cl2FN2O4S/c1-15(18-9-19(28)11-20(29)10-18)32-21-5-6-22(32)8-16(7-21)14-36-26-13-25(30)24(12-23(26)17-3-4-17)27(33)31-37(2,34)35/h9-13,15-17,21-22H,3-8,14H2,1-2H3,(H,31,33)/t15-,16-,21+,22-/m1/s1. The summed E-state index contributed by atoms with van der Waals surface area (Å²) in [7, 11) is -3.79. The van der Waals surface area contributed by atoms with E-state index in [1.807, 2.05) is 16.9 Å². The molecule has 3 aliphatic rings. The normalized spacial score (nSPS) is 24.6. The number of rotatable bonds is 8. The summed E-state index contributed by atoms with van der Waals surface area (Å²) >= 11 is 12.5. The molecule has 0 aromatic heterocycles. The van der Waals surface area contributed by atoms with Crippen molar-refractivity contribution in [1.82, 2.24) is 9.62 Å². The number of ether oxygens (including phenoxy) is 1. The van der Waals surface area contributed by atoms with E-state index in [0.717, 1.165) is 55.9 Å². The molecular weight excluding hydrogens is 538 g/mol. The van der Waals surface area contributed by atoms with Crippen molar-refractivity contribution in [3.05, 3.63) is 62.9 Å². The maximum atomic E-state index is 14.8. The molecule has 3 fully saturated rings. The first-order chi connectivity index (χ1) is 17.5. The molecule has 1 amide bonds. The Balaban J connectivity index is 1.27. The van der Waals surface area contributed by atoms with Crippen LogP contribution in [0.1, 0.15) is 78.9 Å². The lowest BCUT2D eigenvalue weighted by Gasteiger charge is -2.42. The van der Waals surface area contributed by atoms with Gasteiger partial charge in [0.05, 0.1) is 18.4 Å². The molecule has 2 aromatic rings. The maximum absolute atomic E-state index is 14.8. The van der Waals surface area contributed by atoms with E-state index in [2.05, 4.69) is 11.8 Å². The summed E-state index contributed by atoms with van der Waals surface area (Å²) < 4.78 is 45.8. The molecule has 4 atom stereocenters. The highest BCUT2D eigenvalue weighted by molar-refractivity contribution is 7.89. The van der Waals surface area contributed by atoms with E-state index in [9.17, 15) is 17.6 Å². The number of hydrogen-bond donors (Lipinski definition) is 1. The summed E-state index contributed by atoms with van der Waals surface area (Å²) in [5.74, 6) is -0.763. The molecule has 10 heteroatoms. The molecule has 1 aliphatic carbocycles. The number of nitrogens with zero attached hydrogens (tertiary/aromatic N) is 1. The van der Waals surface area contributed by atoms with Gasteiger partial charge in [-0.15, -0.1) is 0 Å². The third kappa shape index (κ3) is 6.08. The van der Waals surface area contributed by atoms with Gasteiger partial charge in [0.25, 0.3) is 5.91 Å². The van der Waals surface area contributed by atoms with Crippen LogP contribution in [0.3, 0.4) is 0 Å². The number of piperidine rings is 1. The number of sulfonamides is 1. The molecule has 0 unspecified atom stereocenters. The Hall–Kier alpha value is -1.87. The first kappa shape index (κ1) is 26.7. The number of fused-ring (bicyclic) bond motifs is 2. The van der Waals surface area contributed by atoms with Crippen LogP contribution in [-0.4, -0.2) is 44.2 Å². The van der Waals surface area contributed by atoms with Crippen molar-refractivity contribution in [1.29, 1.82) is 0 Å². The molecular formula is C27H31Cl2FN2O4S. The monoisotopic (exact) mass is 568 g/mol. The molecule has 2 saturated heterocycles. The number of hydrogen-bond acceptors (Lipinski definition) is 5. The zero-order valence-electron chi connectivity index (χ0n) is 20.8. The Labute approximate surface area is 227 Å². The number of amides is 1. The van der Waals surface area contributed by atoms with Gasteiger partial charge in [0, 0.05) is 34.2 Å². The fourth-order valence-corrected chi connectivity index (χ4v) is 7.09. The first-order valence-electron chi connectivity index (χ1n) is 12.7. The molecule has 2 heterocycles. The molecule has 5 rings (SSSR count). The van der Waals surface area contributed by atoms with Crippen LogP contribution in [0.4, 0.5) is 4.39 Å². The summed E-state index contributed by atoms with van der Waals surface area (Å²) in [5, 5.41) is 1.28. The minimum atomic E-state index is -3.79. The number of nitrogens with one attached hydrogen (secondary N) is 1. The maximum Gasteiger partial charge on any atom is 0.267 e. The largest absolute Gasteiger partial charge is 0.493 e. The van der Waals surface area contributed by atoms with Gasteiger partial charge >= 0.3 is 0 Å². The van der Waals surface area contributed by atoms with Gasteiger partial charge < -0.3 is 4.74 Å². The third-order valence-corrected chi connectivity index (χ3v) is 8.81. The Morgan fingerprint density at radius 1 is 1.08 bits per heavy atom. The average molecular weight is 570 g/mol. The SMILES string of the molecule is C[C@H](c1cc(Cl)cc(Cl)c1)N1[C@@H]2CC[C@H]1C[C@@H](COc1cc(F)c(C(=O)NS(C)(=O)=O)cc1C1CC1)C2. The van der Waals surface area contributed by atoms with Gasteiger partial charge in [-0.25, -0.2) is 17.5 Å². The van der Waals surface area contributed by atoms with Gasteiger partial charge in [0.2, 0.25) is 10.0 Å². The van der Waals surface area contributed by atoms with Gasteiger partial charge in [-0.3, -0.25) is 9.69 Å². The third-order valence-electron chi connectivity index (χ3n) is 7.82. The van der Waals surface area contributed by atoms with Gasteiger partial charge in [0.15, 0.2) is 0 Å². The molecule has 1 N–H and O–H groups in total. The van der Waals surface area contributed by atoms with Crippen molar-refractivity contribution < 1.29 is 22.3 Å². The van der Waals surface area contributed by atoms with Crippen molar-refractivity contribution in [2.24, 2.45) is 5.92 Å². The van der Waals surface area contributed by atoms with E-state index in [4.69, 9.17) is 27.9 Å². The van der Waals surface area contributed by atoms with E-state index in [1.165, 1.54) is 12.1 Å². The van der Waals surface area contributed by atoms with E-state index >= 15 is 0 Å². The lowest BCUT2D eigenvalue weighted by atomic mass is 9.89. The minimum absolute atomic E-state index is 0.198. The van der Waals surface area contributed by atoms with Crippen LogP contribution < -0.4 is 9.46 Å². The Bertz CT molecular complexity index is 1280. The number of benzene rings is 2. The van der Waals surface area contributed by atoms with Crippen LogP contribution >= 0.6 is 23.2 Å². The minimum Gasteiger partial charge on any atom is -0.493 e. The second-order valence-corrected chi connectivity index (χ2v) is 13.3. The Morgan fingerprint density at radius 2 is 1.70 bits per heavy atom. The van der Waals surface area contributed by atoms with Crippen molar-refractivity contribution >= 4 is 39.1 Å². The number of halogens is 3. The van der Waals surface area contributed by atoms with E-state index < -0.39 is 21.7 Å². The van der Waals surface area contributed by atoms with Gasteiger partial charge in [-0.2, -0.15) is 0 Å². The predicted octanol–water partition coefficient (Wildman–Crippen LogP) is 6.08. The van der Waals surface area contributed by atoms with Crippen LogP contribution in [0.15, 0.2) is 30.3 Å². The van der Waals surface area contributed by atoms with Crippen LogP contribution in [0, 0.1) is 11.7 Å². The van der Waals surface area contributed by atoms with E-state index in [-0.39, 0.29) is 17.5 Å². The van der Waals surface area contributed by atoms with E-state index in [0.29, 0.717) is 40.4 Å².